The third kappa shape index (κ3) is 3.47. The van der Waals surface area contributed by atoms with Crippen molar-refractivity contribution in [2.75, 3.05) is 26.2 Å². The van der Waals surface area contributed by atoms with Gasteiger partial charge in [-0.15, -0.1) is 0 Å². The van der Waals surface area contributed by atoms with Crippen molar-refractivity contribution in [3.63, 3.8) is 0 Å². The van der Waals surface area contributed by atoms with Crippen LogP contribution in [-0.4, -0.2) is 31.1 Å². The van der Waals surface area contributed by atoms with Crippen LogP contribution in [0.5, 0.6) is 5.75 Å². The van der Waals surface area contributed by atoms with Crippen LogP contribution in [0.2, 0.25) is 0 Å². The van der Waals surface area contributed by atoms with Crippen molar-refractivity contribution >= 4 is 0 Å². The minimum Gasteiger partial charge on any atom is -0.492 e. The summed E-state index contributed by atoms with van der Waals surface area (Å²) in [5.41, 5.74) is 2.48. The number of nitrogens with zero attached hydrogens (tertiary/aromatic N) is 1. The van der Waals surface area contributed by atoms with Crippen LogP contribution in [-0.2, 0) is 0 Å². The molecule has 1 aliphatic rings. The lowest BCUT2D eigenvalue weighted by Crippen LogP contribution is -2.33. The van der Waals surface area contributed by atoms with Gasteiger partial charge in [0.25, 0.3) is 0 Å². The number of likely N-dealkylation sites (tertiary alicyclic amines) is 1. The fourth-order valence-corrected chi connectivity index (χ4v) is 2.49. The Morgan fingerprint density at radius 3 is 2.35 bits per heavy atom. The summed E-state index contributed by atoms with van der Waals surface area (Å²) in [6.45, 7) is 8.60. The van der Waals surface area contributed by atoms with E-state index in [2.05, 4.69) is 36.9 Å². The summed E-state index contributed by atoms with van der Waals surface area (Å²) >= 11 is 0. The Balaban J connectivity index is 1.81. The highest BCUT2D eigenvalue weighted by Crippen LogP contribution is 2.22. The van der Waals surface area contributed by atoms with Gasteiger partial charge in [0, 0.05) is 6.54 Å². The second kappa shape index (κ2) is 6.06. The van der Waals surface area contributed by atoms with Crippen LogP contribution in [0.15, 0.2) is 18.2 Å². The fourth-order valence-electron chi connectivity index (χ4n) is 2.49. The maximum atomic E-state index is 5.93. The molecule has 0 aromatic heterocycles. The molecule has 0 saturated carbocycles. The number of aryl methyl sites for hydroxylation is 2. The normalized spacial score (nSPS) is 17.1. The van der Waals surface area contributed by atoms with Crippen molar-refractivity contribution < 1.29 is 4.74 Å². The molecule has 0 spiro atoms. The predicted molar refractivity (Wildman–Crippen MR) is 71.7 cm³/mol. The molecular weight excluding hydrogens is 210 g/mol. The van der Waals surface area contributed by atoms with Gasteiger partial charge in [0.15, 0.2) is 0 Å². The summed E-state index contributed by atoms with van der Waals surface area (Å²) in [5.74, 6) is 1.07. The topological polar surface area (TPSA) is 12.5 Å². The number of benzene rings is 1. The van der Waals surface area contributed by atoms with Gasteiger partial charge >= 0.3 is 0 Å². The van der Waals surface area contributed by atoms with Crippen LogP contribution >= 0.6 is 0 Å². The van der Waals surface area contributed by atoms with Gasteiger partial charge in [-0.05, 0) is 50.9 Å². The highest BCUT2D eigenvalue weighted by Gasteiger charge is 2.10. The summed E-state index contributed by atoms with van der Waals surface area (Å²) in [6, 6.07) is 6.31. The van der Waals surface area contributed by atoms with Gasteiger partial charge < -0.3 is 4.74 Å². The standard InChI is InChI=1S/C15H23NO/c1-13-7-6-8-14(2)15(13)17-12-11-16-9-4-3-5-10-16/h6-8H,3-5,9-12H2,1-2H3. The van der Waals surface area contributed by atoms with Crippen LogP contribution in [0.4, 0.5) is 0 Å². The molecule has 1 heterocycles. The van der Waals surface area contributed by atoms with Crippen LogP contribution in [0.1, 0.15) is 30.4 Å². The van der Waals surface area contributed by atoms with Gasteiger partial charge in [0.05, 0.1) is 0 Å². The molecule has 94 valence electrons. The zero-order chi connectivity index (χ0) is 12.1. The second-order valence-electron chi connectivity index (χ2n) is 4.97. The predicted octanol–water partition coefficient (Wildman–Crippen LogP) is 3.17. The molecule has 0 bridgehead atoms. The number of rotatable bonds is 4. The van der Waals surface area contributed by atoms with Crippen molar-refractivity contribution in [2.45, 2.75) is 33.1 Å². The summed E-state index contributed by atoms with van der Waals surface area (Å²) in [6.07, 6.45) is 4.10. The van der Waals surface area contributed by atoms with Crippen molar-refractivity contribution in [3.8, 4) is 5.75 Å². The molecule has 2 nitrogen and oxygen atoms in total. The quantitative estimate of drug-likeness (QED) is 0.792. The Hall–Kier alpha value is -1.02. The summed E-state index contributed by atoms with van der Waals surface area (Å²) in [4.78, 5) is 2.51. The average molecular weight is 233 g/mol. The maximum Gasteiger partial charge on any atom is 0.125 e. The first-order chi connectivity index (χ1) is 8.27. The van der Waals surface area contributed by atoms with Crippen LogP contribution in [0.25, 0.3) is 0 Å². The molecule has 0 amide bonds. The first-order valence-corrected chi connectivity index (χ1v) is 6.69. The third-order valence-electron chi connectivity index (χ3n) is 3.51. The van der Waals surface area contributed by atoms with E-state index in [1.54, 1.807) is 0 Å². The Bertz CT molecular complexity index is 336. The van der Waals surface area contributed by atoms with E-state index >= 15 is 0 Å². The molecule has 1 aromatic carbocycles. The molecule has 1 aliphatic heterocycles. The second-order valence-corrected chi connectivity index (χ2v) is 4.97. The van der Waals surface area contributed by atoms with Gasteiger partial charge in [0.2, 0.25) is 0 Å². The number of hydrogen-bond donors (Lipinski definition) is 0. The number of ether oxygens (including phenoxy) is 1. The maximum absolute atomic E-state index is 5.93. The molecule has 1 fully saturated rings. The van der Waals surface area contributed by atoms with Gasteiger partial charge in [-0.1, -0.05) is 24.6 Å². The molecule has 0 aliphatic carbocycles. The van der Waals surface area contributed by atoms with E-state index in [1.807, 2.05) is 0 Å². The number of hydrogen-bond acceptors (Lipinski definition) is 2. The molecule has 2 heteroatoms. The van der Waals surface area contributed by atoms with Gasteiger partial charge in [-0.25, -0.2) is 0 Å². The first kappa shape index (κ1) is 12.4. The lowest BCUT2D eigenvalue weighted by atomic mass is 10.1. The Morgan fingerprint density at radius 2 is 1.71 bits per heavy atom. The first-order valence-electron chi connectivity index (χ1n) is 6.69. The molecular formula is C15H23NO. The van der Waals surface area contributed by atoms with Gasteiger partial charge in [-0.2, -0.15) is 0 Å². The minimum atomic E-state index is 0.811. The van der Waals surface area contributed by atoms with Crippen LogP contribution in [0.3, 0.4) is 0 Å². The lowest BCUT2D eigenvalue weighted by molar-refractivity contribution is 0.182. The van der Waals surface area contributed by atoms with E-state index in [1.165, 1.54) is 43.5 Å². The Kier molecular flexibility index (Phi) is 4.43. The molecule has 0 atom stereocenters. The monoisotopic (exact) mass is 233 g/mol. The summed E-state index contributed by atoms with van der Waals surface area (Å²) in [7, 11) is 0. The molecule has 1 aromatic rings. The van der Waals surface area contributed by atoms with Crippen molar-refractivity contribution in [1.29, 1.82) is 0 Å². The van der Waals surface area contributed by atoms with Crippen LogP contribution < -0.4 is 4.74 Å². The van der Waals surface area contributed by atoms with Crippen molar-refractivity contribution in [2.24, 2.45) is 0 Å². The van der Waals surface area contributed by atoms with E-state index in [-0.39, 0.29) is 0 Å². The van der Waals surface area contributed by atoms with E-state index in [9.17, 15) is 0 Å². The highest BCUT2D eigenvalue weighted by atomic mass is 16.5. The lowest BCUT2D eigenvalue weighted by Gasteiger charge is -2.26. The highest BCUT2D eigenvalue weighted by molar-refractivity contribution is 5.39. The Morgan fingerprint density at radius 1 is 1.06 bits per heavy atom. The van der Waals surface area contributed by atoms with Crippen molar-refractivity contribution in [1.82, 2.24) is 4.90 Å². The minimum absolute atomic E-state index is 0.811. The molecule has 0 N–H and O–H groups in total. The zero-order valence-electron chi connectivity index (χ0n) is 11.0. The largest absolute Gasteiger partial charge is 0.492 e. The third-order valence-corrected chi connectivity index (χ3v) is 3.51. The van der Waals surface area contributed by atoms with E-state index in [0.717, 1.165) is 18.9 Å². The van der Waals surface area contributed by atoms with Crippen LogP contribution in [0, 0.1) is 13.8 Å². The molecule has 1 saturated heterocycles. The number of piperidine rings is 1. The molecule has 0 unspecified atom stereocenters. The van der Waals surface area contributed by atoms with Gasteiger partial charge in [0.1, 0.15) is 12.4 Å². The molecule has 0 radical (unpaired) electrons. The van der Waals surface area contributed by atoms with E-state index < -0.39 is 0 Å². The number of para-hydroxylation sites is 1. The smallest absolute Gasteiger partial charge is 0.125 e. The van der Waals surface area contributed by atoms with E-state index in [4.69, 9.17) is 4.74 Å². The summed E-state index contributed by atoms with van der Waals surface area (Å²) in [5, 5.41) is 0. The van der Waals surface area contributed by atoms with Gasteiger partial charge in [-0.3, -0.25) is 4.90 Å². The van der Waals surface area contributed by atoms with Crippen molar-refractivity contribution in [3.05, 3.63) is 29.3 Å². The Labute approximate surface area is 105 Å². The summed E-state index contributed by atoms with van der Waals surface area (Å²) < 4.78 is 5.93. The average Bonchev–Trinajstić information content (AvgIpc) is 2.34. The zero-order valence-corrected chi connectivity index (χ0v) is 11.0. The molecule has 2 rings (SSSR count). The fraction of sp³-hybridized carbons (Fsp3) is 0.600. The van der Waals surface area contributed by atoms with E-state index in [0.29, 0.717) is 0 Å². The SMILES string of the molecule is Cc1cccc(C)c1OCCN1CCCCC1. The molecule has 17 heavy (non-hydrogen) atoms.